The van der Waals surface area contributed by atoms with Gasteiger partial charge in [-0.15, -0.1) is 0 Å². The minimum atomic E-state index is -0.424. The minimum absolute atomic E-state index is 0.130. The fraction of sp³-hybridized carbons (Fsp3) is 0.385. The average Bonchev–Trinajstić information content (AvgIpc) is 2.28. The average molecular weight is 235 g/mol. The molecule has 0 bridgehead atoms. The summed E-state index contributed by atoms with van der Waals surface area (Å²) in [5, 5.41) is 2.67. The molecule has 4 nitrogen and oxygen atoms in total. The van der Waals surface area contributed by atoms with Crippen LogP contribution in [0.15, 0.2) is 24.3 Å². The number of carbonyl (C=O) groups excluding carboxylic acids is 2. The maximum atomic E-state index is 11.8. The smallest absolute Gasteiger partial charge is 0.340 e. The number of benzene rings is 1. The minimum Gasteiger partial charge on any atom is -0.459 e. The number of nitrogens with one attached hydrogen (secondary N) is 1. The van der Waals surface area contributed by atoms with Crippen molar-refractivity contribution in [2.75, 3.05) is 5.32 Å². The van der Waals surface area contributed by atoms with E-state index in [4.69, 9.17) is 4.74 Å². The molecule has 1 amide bonds. The first-order valence-corrected chi connectivity index (χ1v) is 5.64. The summed E-state index contributed by atoms with van der Waals surface area (Å²) in [7, 11) is 0. The lowest BCUT2D eigenvalue weighted by atomic mass is 10.1. The van der Waals surface area contributed by atoms with Gasteiger partial charge in [-0.1, -0.05) is 19.1 Å². The number of hydrogen-bond donors (Lipinski definition) is 1. The number of rotatable bonds is 4. The van der Waals surface area contributed by atoms with Crippen LogP contribution in [0.3, 0.4) is 0 Å². The second-order valence-corrected chi connectivity index (χ2v) is 3.90. The van der Waals surface area contributed by atoms with Crippen LogP contribution in [0.4, 0.5) is 5.69 Å². The Labute approximate surface area is 101 Å². The van der Waals surface area contributed by atoms with Crippen molar-refractivity contribution in [1.82, 2.24) is 0 Å². The number of amides is 1. The van der Waals surface area contributed by atoms with Gasteiger partial charge < -0.3 is 10.1 Å². The molecule has 0 saturated heterocycles. The SMILES string of the molecule is CCC(=O)Nc1ccccc1C(=O)OC(C)C. The van der Waals surface area contributed by atoms with Gasteiger partial charge >= 0.3 is 5.97 Å². The molecule has 0 aliphatic carbocycles. The Morgan fingerprint density at radius 1 is 1.29 bits per heavy atom. The van der Waals surface area contributed by atoms with E-state index < -0.39 is 5.97 Å². The fourth-order valence-electron chi connectivity index (χ4n) is 1.29. The molecule has 0 atom stereocenters. The van der Waals surface area contributed by atoms with Crippen molar-refractivity contribution >= 4 is 17.6 Å². The Morgan fingerprint density at radius 2 is 1.94 bits per heavy atom. The standard InChI is InChI=1S/C13H17NO3/c1-4-12(15)14-11-8-6-5-7-10(11)13(16)17-9(2)3/h5-9H,4H2,1-3H3,(H,14,15). The van der Waals surface area contributed by atoms with E-state index in [1.54, 1.807) is 45.0 Å². The van der Waals surface area contributed by atoms with E-state index in [1.807, 2.05) is 0 Å². The lowest BCUT2D eigenvalue weighted by Gasteiger charge is -2.12. The molecule has 1 aromatic rings. The predicted molar refractivity (Wildman–Crippen MR) is 65.9 cm³/mol. The molecular formula is C13H17NO3. The maximum absolute atomic E-state index is 11.8. The zero-order chi connectivity index (χ0) is 12.8. The molecule has 0 unspecified atom stereocenters. The van der Waals surface area contributed by atoms with Gasteiger partial charge in [0.25, 0.3) is 0 Å². The molecular weight excluding hydrogens is 218 g/mol. The topological polar surface area (TPSA) is 55.4 Å². The van der Waals surface area contributed by atoms with E-state index in [0.717, 1.165) is 0 Å². The van der Waals surface area contributed by atoms with Crippen molar-refractivity contribution < 1.29 is 14.3 Å². The summed E-state index contributed by atoms with van der Waals surface area (Å²) in [5.74, 6) is -0.554. The zero-order valence-electron chi connectivity index (χ0n) is 10.3. The highest BCUT2D eigenvalue weighted by Crippen LogP contribution is 2.17. The van der Waals surface area contributed by atoms with Crippen LogP contribution in [0.25, 0.3) is 0 Å². The Morgan fingerprint density at radius 3 is 2.53 bits per heavy atom. The van der Waals surface area contributed by atoms with Gasteiger partial charge in [-0.05, 0) is 26.0 Å². The third kappa shape index (κ3) is 3.90. The van der Waals surface area contributed by atoms with Gasteiger partial charge in [-0.3, -0.25) is 4.79 Å². The van der Waals surface area contributed by atoms with Gasteiger partial charge in [-0.2, -0.15) is 0 Å². The molecule has 0 saturated carbocycles. The number of ether oxygens (including phenoxy) is 1. The molecule has 0 aromatic heterocycles. The Balaban J connectivity index is 2.91. The molecule has 0 heterocycles. The highest BCUT2D eigenvalue weighted by atomic mass is 16.5. The second kappa shape index (κ2) is 6.03. The van der Waals surface area contributed by atoms with Crippen LogP contribution >= 0.6 is 0 Å². The molecule has 0 aliphatic rings. The zero-order valence-corrected chi connectivity index (χ0v) is 10.3. The highest BCUT2D eigenvalue weighted by molar-refractivity contribution is 6.01. The molecule has 0 fully saturated rings. The van der Waals surface area contributed by atoms with Crippen LogP contribution in [0.5, 0.6) is 0 Å². The number of carbonyl (C=O) groups is 2. The summed E-state index contributed by atoms with van der Waals surface area (Å²) in [6.07, 6.45) is 0.186. The molecule has 1 N–H and O–H groups in total. The van der Waals surface area contributed by atoms with Crippen LogP contribution in [0.2, 0.25) is 0 Å². The number of esters is 1. The largest absolute Gasteiger partial charge is 0.459 e. The quantitative estimate of drug-likeness (QED) is 0.816. The highest BCUT2D eigenvalue weighted by Gasteiger charge is 2.14. The lowest BCUT2D eigenvalue weighted by Crippen LogP contribution is -2.16. The number of hydrogen-bond acceptors (Lipinski definition) is 3. The molecule has 1 rings (SSSR count). The van der Waals surface area contributed by atoms with Crippen molar-refractivity contribution in [1.29, 1.82) is 0 Å². The van der Waals surface area contributed by atoms with Crippen molar-refractivity contribution in [3.8, 4) is 0 Å². The van der Waals surface area contributed by atoms with Crippen LogP contribution in [-0.2, 0) is 9.53 Å². The second-order valence-electron chi connectivity index (χ2n) is 3.90. The lowest BCUT2D eigenvalue weighted by molar-refractivity contribution is -0.115. The summed E-state index contributed by atoms with van der Waals surface area (Å²) in [4.78, 5) is 23.1. The van der Waals surface area contributed by atoms with Gasteiger partial charge in [0, 0.05) is 6.42 Å². The predicted octanol–water partition coefficient (Wildman–Crippen LogP) is 2.60. The first-order chi connectivity index (χ1) is 8.04. The van der Waals surface area contributed by atoms with E-state index in [-0.39, 0.29) is 12.0 Å². The van der Waals surface area contributed by atoms with Crippen molar-refractivity contribution in [2.45, 2.75) is 33.3 Å². The first-order valence-electron chi connectivity index (χ1n) is 5.64. The van der Waals surface area contributed by atoms with E-state index in [0.29, 0.717) is 17.7 Å². The Kier molecular flexibility index (Phi) is 4.69. The van der Waals surface area contributed by atoms with E-state index >= 15 is 0 Å². The van der Waals surface area contributed by atoms with E-state index in [2.05, 4.69) is 5.32 Å². The number of anilines is 1. The normalized spacial score (nSPS) is 10.1. The van der Waals surface area contributed by atoms with Gasteiger partial charge in [0.2, 0.25) is 5.91 Å². The van der Waals surface area contributed by atoms with Gasteiger partial charge in [0.05, 0.1) is 17.4 Å². The molecule has 0 spiro atoms. The summed E-state index contributed by atoms with van der Waals surface area (Å²) >= 11 is 0. The van der Waals surface area contributed by atoms with E-state index in [1.165, 1.54) is 0 Å². The van der Waals surface area contributed by atoms with Crippen LogP contribution in [-0.4, -0.2) is 18.0 Å². The van der Waals surface area contributed by atoms with Gasteiger partial charge in [-0.25, -0.2) is 4.79 Å². The van der Waals surface area contributed by atoms with Gasteiger partial charge in [0.15, 0.2) is 0 Å². The summed E-state index contributed by atoms with van der Waals surface area (Å²) in [6.45, 7) is 5.32. The molecule has 4 heteroatoms. The molecule has 0 radical (unpaired) electrons. The van der Waals surface area contributed by atoms with Crippen LogP contribution in [0.1, 0.15) is 37.6 Å². The monoisotopic (exact) mass is 235 g/mol. The maximum Gasteiger partial charge on any atom is 0.340 e. The van der Waals surface area contributed by atoms with Crippen molar-refractivity contribution in [3.63, 3.8) is 0 Å². The van der Waals surface area contributed by atoms with Crippen molar-refractivity contribution in [2.24, 2.45) is 0 Å². The molecule has 0 aliphatic heterocycles. The Hall–Kier alpha value is -1.84. The third-order valence-corrected chi connectivity index (χ3v) is 2.08. The Bertz CT molecular complexity index is 413. The summed E-state index contributed by atoms with van der Waals surface area (Å²) in [6, 6.07) is 6.82. The van der Waals surface area contributed by atoms with E-state index in [9.17, 15) is 9.59 Å². The van der Waals surface area contributed by atoms with Crippen LogP contribution < -0.4 is 5.32 Å². The summed E-state index contributed by atoms with van der Waals surface area (Å²) in [5.41, 5.74) is 0.869. The van der Waals surface area contributed by atoms with Gasteiger partial charge in [0.1, 0.15) is 0 Å². The molecule has 92 valence electrons. The summed E-state index contributed by atoms with van der Waals surface area (Å²) < 4.78 is 5.10. The number of para-hydroxylation sites is 1. The molecule has 17 heavy (non-hydrogen) atoms. The third-order valence-electron chi connectivity index (χ3n) is 2.08. The fourth-order valence-corrected chi connectivity index (χ4v) is 1.29. The first kappa shape index (κ1) is 13.2. The molecule has 1 aromatic carbocycles. The van der Waals surface area contributed by atoms with Crippen molar-refractivity contribution in [3.05, 3.63) is 29.8 Å². The van der Waals surface area contributed by atoms with Crippen LogP contribution in [0, 0.1) is 0 Å².